The summed E-state index contributed by atoms with van der Waals surface area (Å²) in [6, 6.07) is 0. The minimum atomic E-state index is -0.417. The van der Waals surface area contributed by atoms with Crippen LogP contribution in [0.2, 0.25) is 0 Å². The van der Waals surface area contributed by atoms with E-state index in [1.807, 2.05) is 0 Å². The van der Waals surface area contributed by atoms with Crippen molar-refractivity contribution in [3.8, 4) is 0 Å². The lowest BCUT2D eigenvalue weighted by atomic mass is 10.0. The maximum Gasteiger partial charge on any atom is 0.342 e. The van der Waals surface area contributed by atoms with Gasteiger partial charge in [0.2, 0.25) is 0 Å². The minimum absolute atomic E-state index is 0.417. The number of rotatable bonds is 6. The highest BCUT2D eigenvalue weighted by atomic mass is 16.6. The Morgan fingerprint density at radius 1 is 0.867 bits per heavy atom. The Morgan fingerprint density at radius 3 is 1.60 bits per heavy atom. The monoisotopic (exact) mass is 210 g/mol. The lowest BCUT2D eigenvalue weighted by Gasteiger charge is -2.00. The van der Waals surface area contributed by atoms with Crippen molar-refractivity contribution in [2.45, 2.75) is 52.4 Å². The number of unbranched alkanes of at least 4 members (excludes halogenated alkanes) is 2. The average Bonchev–Trinajstić information content (AvgIpc) is 2.47. The summed E-state index contributed by atoms with van der Waals surface area (Å²) in [5.74, 6) is -0.834. The van der Waals surface area contributed by atoms with E-state index in [4.69, 9.17) is 0 Å². The van der Waals surface area contributed by atoms with Crippen LogP contribution in [0.4, 0.5) is 0 Å². The Bertz CT molecular complexity index is 261. The zero-order valence-electron chi connectivity index (χ0n) is 9.47. The molecule has 1 rings (SSSR count). The van der Waals surface area contributed by atoms with Crippen LogP contribution < -0.4 is 0 Å². The first-order chi connectivity index (χ1) is 7.20. The van der Waals surface area contributed by atoms with Gasteiger partial charge in [0.25, 0.3) is 0 Å². The summed E-state index contributed by atoms with van der Waals surface area (Å²) in [6.07, 6.45) is 5.28. The van der Waals surface area contributed by atoms with Gasteiger partial charge >= 0.3 is 11.9 Å². The summed E-state index contributed by atoms with van der Waals surface area (Å²) < 4.78 is 4.63. The highest BCUT2D eigenvalue weighted by Crippen LogP contribution is 2.26. The largest absolute Gasteiger partial charge is 0.386 e. The second-order valence-corrected chi connectivity index (χ2v) is 3.84. The fourth-order valence-electron chi connectivity index (χ4n) is 1.67. The van der Waals surface area contributed by atoms with Gasteiger partial charge in [-0.3, -0.25) is 0 Å². The van der Waals surface area contributed by atoms with E-state index in [9.17, 15) is 9.59 Å². The Hall–Kier alpha value is -1.12. The lowest BCUT2D eigenvalue weighted by molar-refractivity contribution is -0.151. The molecule has 0 saturated heterocycles. The van der Waals surface area contributed by atoms with Gasteiger partial charge in [-0.25, -0.2) is 9.59 Å². The quantitative estimate of drug-likeness (QED) is 0.500. The standard InChI is InChI=1S/C12H18O3/c1-3-5-7-9-10(8-6-4-2)12(14)15-11(9)13/h3-8H2,1-2H3. The zero-order valence-corrected chi connectivity index (χ0v) is 9.47. The van der Waals surface area contributed by atoms with Gasteiger partial charge in [0.05, 0.1) is 0 Å². The van der Waals surface area contributed by atoms with Gasteiger partial charge in [0.1, 0.15) is 0 Å². The van der Waals surface area contributed by atoms with E-state index in [1.165, 1.54) is 0 Å². The number of hydrogen-bond donors (Lipinski definition) is 0. The molecule has 3 heteroatoms. The predicted octanol–water partition coefficient (Wildman–Crippen LogP) is 2.75. The smallest absolute Gasteiger partial charge is 0.342 e. The summed E-state index contributed by atoms with van der Waals surface area (Å²) in [5.41, 5.74) is 1.24. The minimum Gasteiger partial charge on any atom is -0.386 e. The Balaban J connectivity index is 2.73. The number of esters is 2. The molecule has 0 unspecified atom stereocenters. The van der Waals surface area contributed by atoms with Crippen molar-refractivity contribution in [2.75, 3.05) is 0 Å². The predicted molar refractivity (Wildman–Crippen MR) is 57.2 cm³/mol. The van der Waals surface area contributed by atoms with E-state index < -0.39 is 11.9 Å². The van der Waals surface area contributed by atoms with E-state index in [2.05, 4.69) is 18.6 Å². The van der Waals surface area contributed by atoms with Gasteiger partial charge in [0, 0.05) is 11.1 Å². The van der Waals surface area contributed by atoms with Gasteiger partial charge in [-0.2, -0.15) is 0 Å². The van der Waals surface area contributed by atoms with Gasteiger partial charge < -0.3 is 4.74 Å². The molecule has 0 radical (unpaired) electrons. The molecule has 0 aromatic heterocycles. The fraction of sp³-hybridized carbons (Fsp3) is 0.667. The van der Waals surface area contributed by atoms with Gasteiger partial charge in [0.15, 0.2) is 0 Å². The molecular formula is C12H18O3. The maximum absolute atomic E-state index is 11.4. The van der Waals surface area contributed by atoms with Crippen LogP contribution in [-0.2, 0) is 14.3 Å². The maximum atomic E-state index is 11.4. The summed E-state index contributed by atoms with van der Waals surface area (Å²) in [6.45, 7) is 4.13. The van der Waals surface area contributed by atoms with Crippen molar-refractivity contribution < 1.29 is 14.3 Å². The molecular weight excluding hydrogens is 192 g/mol. The highest BCUT2D eigenvalue weighted by molar-refractivity contribution is 6.12. The molecule has 84 valence electrons. The third-order valence-corrected chi connectivity index (χ3v) is 2.60. The van der Waals surface area contributed by atoms with Crippen LogP contribution in [0, 0.1) is 0 Å². The molecule has 0 saturated carbocycles. The van der Waals surface area contributed by atoms with E-state index >= 15 is 0 Å². The van der Waals surface area contributed by atoms with Crippen molar-refractivity contribution in [3.63, 3.8) is 0 Å². The molecule has 1 aliphatic heterocycles. The zero-order chi connectivity index (χ0) is 11.3. The highest BCUT2D eigenvalue weighted by Gasteiger charge is 2.31. The molecule has 3 nitrogen and oxygen atoms in total. The molecule has 0 aliphatic carbocycles. The summed E-state index contributed by atoms with van der Waals surface area (Å²) in [4.78, 5) is 22.7. The molecule has 1 heterocycles. The van der Waals surface area contributed by atoms with E-state index in [-0.39, 0.29) is 0 Å². The van der Waals surface area contributed by atoms with Crippen LogP contribution >= 0.6 is 0 Å². The first kappa shape index (κ1) is 12.0. The van der Waals surface area contributed by atoms with E-state index in [0.717, 1.165) is 25.7 Å². The first-order valence-electron chi connectivity index (χ1n) is 5.69. The normalized spacial score (nSPS) is 16.1. The average molecular weight is 210 g/mol. The summed E-state index contributed by atoms with van der Waals surface area (Å²) in [5, 5.41) is 0. The Morgan fingerprint density at radius 2 is 1.27 bits per heavy atom. The Kier molecular flexibility index (Phi) is 4.53. The number of carbonyl (C=O) groups excluding carboxylic acids is 2. The van der Waals surface area contributed by atoms with Crippen molar-refractivity contribution in [3.05, 3.63) is 11.1 Å². The number of carbonyl (C=O) groups is 2. The molecule has 0 N–H and O–H groups in total. The molecule has 0 atom stereocenters. The van der Waals surface area contributed by atoms with Crippen molar-refractivity contribution in [1.29, 1.82) is 0 Å². The fourth-order valence-corrected chi connectivity index (χ4v) is 1.67. The third-order valence-electron chi connectivity index (χ3n) is 2.60. The number of cyclic esters (lactones) is 2. The first-order valence-corrected chi connectivity index (χ1v) is 5.69. The van der Waals surface area contributed by atoms with Gasteiger partial charge in [-0.15, -0.1) is 0 Å². The lowest BCUT2D eigenvalue weighted by Crippen LogP contribution is -2.02. The molecule has 0 bridgehead atoms. The van der Waals surface area contributed by atoms with Gasteiger partial charge in [-0.05, 0) is 25.7 Å². The van der Waals surface area contributed by atoms with Crippen LogP contribution in [0.5, 0.6) is 0 Å². The number of ether oxygens (including phenoxy) is 1. The van der Waals surface area contributed by atoms with Crippen LogP contribution in [0.1, 0.15) is 52.4 Å². The van der Waals surface area contributed by atoms with E-state index in [0.29, 0.717) is 24.0 Å². The van der Waals surface area contributed by atoms with Crippen LogP contribution in [-0.4, -0.2) is 11.9 Å². The molecule has 15 heavy (non-hydrogen) atoms. The molecule has 0 fully saturated rings. The molecule has 0 aromatic rings. The molecule has 0 amide bonds. The van der Waals surface area contributed by atoms with Crippen molar-refractivity contribution in [1.82, 2.24) is 0 Å². The SMILES string of the molecule is CCCCC1=C(CCCC)C(=O)OC1=O. The van der Waals surface area contributed by atoms with Crippen molar-refractivity contribution in [2.24, 2.45) is 0 Å². The molecule has 0 aromatic carbocycles. The second-order valence-electron chi connectivity index (χ2n) is 3.84. The third kappa shape index (κ3) is 2.91. The number of hydrogen-bond acceptors (Lipinski definition) is 3. The topological polar surface area (TPSA) is 43.4 Å². The van der Waals surface area contributed by atoms with Gasteiger partial charge in [-0.1, -0.05) is 26.7 Å². The molecule has 0 spiro atoms. The molecule has 1 aliphatic rings. The van der Waals surface area contributed by atoms with Crippen LogP contribution in [0.15, 0.2) is 11.1 Å². The summed E-state index contributed by atoms with van der Waals surface area (Å²) in [7, 11) is 0. The summed E-state index contributed by atoms with van der Waals surface area (Å²) >= 11 is 0. The second kappa shape index (κ2) is 5.69. The van der Waals surface area contributed by atoms with Crippen molar-refractivity contribution >= 4 is 11.9 Å². The van der Waals surface area contributed by atoms with Crippen LogP contribution in [0.3, 0.4) is 0 Å². The van der Waals surface area contributed by atoms with E-state index in [1.54, 1.807) is 0 Å². The Labute approximate surface area is 90.5 Å². The van der Waals surface area contributed by atoms with Crippen LogP contribution in [0.25, 0.3) is 0 Å².